The van der Waals surface area contributed by atoms with E-state index in [1.165, 1.54) is 0 Å². The van der Waals surface area contributed by atoms with Gasteiger partial charge in [-0.05, 0) is 60.7 Å². The smallest absolute Gasteiger partial charge is 0.222 e. The van der Waals surface area contributed by atoms with Crippen molar-refractivity contribution in [1.82, 2.24) is 9.97 Å². The van der Waals surface area contributed by atoms with Gasteiger partial charge in [0.15, 0.2) is 11.5 Å². The molecule has 0 atom stereocenters. The number of nitrogens with two attached hydrogens (primary N) is 1. The first kappa shape index (κ1) is 22.7. The summed E-state index contributed by atoms with van der Waals surface area (Å²) in [5.74, 6) is 3.82. The van der Waals surface area contributed by atoms with E-state index in [-0.39, 0.29) is 5.92 Å². The van der Waals surface area contributed by atoms with Crippen molar-refractivity contribution in [3.8, 4) is 28.4 Å². The summed E-state index contributed by atoms with van der Waals surface area (Å²) < 4.78 is 17.1. The van der Waals surface area contributed by atoms with Crippen molar-refractivity contribution in [2.75, 3.05) is 38.0 Å². The van der Waals surface area contributed by atoms with Crippen LogP contribution in [0.1, 0.15) is 42.1 Å². The van der Waals surface area contributed by atoms with Crippen molar-refractivity contribution in [2.45, 2.75) is 40.2 Å². The highest BCUT2D eigenvalue weighted by Gasteiger charge is 2.24. The lowest BCUT2D eigenvalue weighted by Crippen LogP contribution is -2.28. The number of benzene rings is 2. The van der Waals surface area contributed by atoms with Crippen LogP contribution in [-0.2, 0) is 6.54 Å². The highest BCUT2D eigenvalue weighted by Crippen LogP contribution is 2.38. The van der Waals surface area contributed by atoms with Gasteiger partial charge in [-0.1, -0.05) is 19.9 Å². The van der Waals surface area contributed by atoms with Gasteiger partial charge in [0.05, 0.1) is 20.8 Å². The van der Waals surface area contributed by atoms with Gasteiger partial charge in [-0.15, -0.1) is 0 Å². The Balaban J connectivity index is 1.78. The van der Waals surface area contributed by atoms with Crippen LogP contribution in [0.5, 0.6) is 17.2 Å². The van der Waals surface area contributed by atoms with Crippen molar-refractivity contribution in [3.05, 3.63) is 52.7 Å². The lowest BCUT2D eigenvalue weighted by molar-refractivity contribution is 0.329. The first-order valence-corrected chi connectivity index (χ1v) is 11.2. The second-order valence-electron chi connectivity index (χ2n) is 8.68. The summed E-state index contributed by atoms with van der Waals surface area (Å²) in [6, 6.07) is 10.3. The van der Waals surface area contributed by atoms with E-state index in [2.05, 4.69) is 47.8 Å². The van der Waals surface area contributed by atoms with Crippen LogP contribution in [0.3, 0.4) is 0 Å². The summed E-state index contributed by atoms with van der Waals surface area (Å²) in [4.78, 5) is 11.3. The number of ether oxygens (including phenoxy) is 3. The van der Waals surface area contributed by atoms with Crippen molar-refractivity contribution < 1.29 is 14.2 Å². The van der Waals surface area contributed by atoms with Crippen LogP contribution in [0, 0.1) is 13.8 Å². The third-order valence-corrected chi connectivity index (χ3v) is 6.05. The molecule has 0 saturated carbocycles. The fourth-order valence-electron chi connectivity index (χ4n) is 4.58. The van der Waals surface area contributed by atoms with E-state index in [0.29, 0.717) is 30.6 Å². The molecule has 0 unspecified atom stereocenters. The van der Waals surface area contributed by atoms with Gasteiger partial charge in [-0.25, -0.2) is 4.98 Å². The summed E-state index contributed by atoms with van der Waals surface area (Å²) in [6.45, 7) is 10.4. The lowest BCUT2D eigenvalue weighted by Gasteiger charge is -2.26. The van der Waals surface area contributed by atoms with Crippen molar-refractivity contribution >= 4 is 11.8 Å². The number of nitrogen functional groups attached to an aromatic ring is 1. The van der Waals surface area contributed by atoms with Gasteiger partial charge in [-0.2, -0.15) is 4.98 Å². The molecule has 0 saturated heterocycles. The van der Waals surface area contributed by atoms with Gasteiger partial charge in [0.25, 0.3) is 0 Å². The van der Waals surface area contributed by atoms with Gasteiger partial charge in [0, 0.05) is 23.4 Å². The van der Waals surface area contributed by atoms with Gasteiger partial charge >= 0.3 is 0 Å². The Hall–Kier alpha value is -3.48. The standard InChI is InChI=1S/C26H32N4O3/c1-15(2)23-17(4)28-26(27)29-25(23)30-9-10-33-24-16(3)11-19(12-20(24)14-30)18-7-8-21(31-5)22(13-18)32-6/h7-8,11-13,15H,9-10,14H2,1-6H3,(H2,27,28,29). The van der Waals surface area contributed by atoms with E-state index in [1.54, 1.807) is 14.2 Å². The minimum atomic E-state index is 0.282. The van der Waals surface area contributed by atoms with Gasteiger partial charge < -0.3 is 24.8 Å². The molecule has 2 heterocycles. The fourth-order valence-corrected chi connectivity index (χ4v) is 4.58. The molecule has 33 heavy (non-hydrogen) atoms. The fraction of sp³-hybridized carbons (Fsp3) is 0.385. The molecule has 0 amide bonds. The molecule has 0 spiro atoms. The normalized spacial score (nSPS) is 13.4. The zero-order chi connectivity index (χ0) is 23.7. The minimum Gasteiger partial charge on any atom is -0.493 e. The number of methoxy groups -OCH3 is 2. The Morgan fingerprint density at radius 1 is 1.00 bits per heavy atom. The molecule has 1 aromatic heterocycles. The summed E-state index contributed by atoms with van der Waals surface area (Å²) in [6.07, 6.45) is 0. The van der Waals surface area contributed by atoms with E-state index < -0.39 is 0 Å². The SMILES string of the molecule is COc1ccc(-c2cc(C)c3c(c2)CN(c2nc(N)nc(C)c2C(C)C)CCO3)cc1OC. The Morgan fingerprint density at radius 2 is 1.76 bits per heavy atom. The van der Waals surface area contributed by atoms with E-state index in [1.807, 2.05) is 25.1 Å². The molecule has 0 radical (unpaired) electrons. The van der Waals surface area contributed by atoms with Crippen molar-refractivity contribution in [1.29, 1.82) is 0 Å². The third kappa shape index (κ3) is 4.40. The summed E-state index contributed by atoms with van der Waals surface area (Å²) in [5, 5.41) is 0. The number of anilines is 2. The number of hydrogen-bond acceptors (Lipinski definition) is 7. The molecule has 174 valence electrons. The number of hydrogen-bond donors (Lipinski definition) is 1. The van der Waals surface area contributed by atoms with E-state index in [0.717, 1.165) is 51.6 Å². The monoisotopic (exact) mass is 448 g/mol. The first-order chi connectivity index (χ1) is 15.8. The number of rotatable bonds is 5. The van der Waals surface area contributed by atoms with Crippen LogP contribution in [-0.4, -0.2) is 37.3 Å². The lowest BCUT2D eigenvalue weighted by atomic mass is 9.98. The van der Waals surface area contributed by atoms with E-state index >= 15 is 0 Å². The topological polar surface area (TPSA) is 82.7 Å². The molecule has 1 aliphatic heterocycles. The number of fused-ring (bicyclic) bond motifs is 1. The number of aromatic nitrogens is 2. The second kappa shape index (κ2) is 9.17. The largest absolute Gasteiger partial charge is 0.493 e. The Labute approximate surface area is 195 Å². The average Bonchev–Trinajstić information content (AvgIpc) is 3.00. The third-order valence-electron chi connectivity index (χ3n) is 6.05. The average molecular weight is 449 g/mol. The van der Waals surface area contributed by atoms with Gasteiger partial charge in [0.2, 0.25) is 5.95 Å². The molecule has 7 heteroatoms. The predicted molar refractivity (Wildman–Crippen MR) is 132 cm³/mol. The van der Waals surface area contributed by atoms with E-state index in [9.17, 15) is 0 Å². The van der Waals surface area contributed by atoms with Crippen molar-refractivity contribution in [3.63, 3.8) is 0 Å². The Kier molecular flexibility index (Phi) is 6.31. The maximum absolute atomic E-state index is 6.20. The molecular formula is C26H32N4O3. The highest BCUT2D eigenvalue weighted by atomic mass is 16.5. The molecule has 0 aliphatic carbocycles. The summed E-state index contributed by atoms with van der Waals surface area (Å²) in [7, 11) is 3.29. The predicted octanol–water partition coefficient (Wildman–Crippen LogP) is 4.88. The summed E-state index contributed by atoms with van der Waals surface area (Å²) >= 11 is 0. The molecular weight excluding hydrogens is 416 g/mol. The molecule has 4 rings (SSSR count). The van der Waals surface area contributed by atoms with Crippen LogP contribution in [0.2, 0.25) is 0 Å². The minimum absolute atomic E-state index is 0.282. The number of aryl methyl sites for hydroxylation is 2. The maximum Gasteiger partial charge on any atom is 0.222 e. The van der Waals surface area contributed by atoms with Crippen molar-refractivity contribution in [2.24, 2.45) is 0 Å². The highest BCUT2D eigenvalue weighted by molar-refractivity contribution is 5.71. The molecule has 7 nitrogen and oxygen atoms in total. The Bertz CT molecular complexity index is 1180. The van der Waals surface area contributed by atoms with E-state index in [4.69, 9.17) is 19.9 Å². The molecule has 3 aromatic rings. The van der Waals surface area contributed by atoms with Gasteiger partial charge in [-0.3, -0.25) is 0 Å². The van der Waals surface area contributed by atoms with Crippen LogP contribution < -0.4 is 24.8 Å². The molecule has 0 fully saturated rings. The molecule has 0 bridgehead atoms. The second-order valence-corrected chi connectivity index (χ2v) is 8.68. The van der Waals surface area contributed by atoms with Gasteiger partial charge in [0.1, 0.15) is 18.2 Å². The summed E-state index contributed by atoms with van der Waals surface area (Å²) in [5.41, 5.74) is 12.5. The quantitative estimate of drug-likeness (QED) is 0.595. The maximum atomic E-state index is 6.20. The Morgan fingerprint density at radius 3 is 2.45 bits per heavy atom. The van der Waals surface area contributed by atoms with Crippen LogP contribution in [0.25, 0.3) is 11.1 Å². The first-order valence-electron chi connectivity index (χ1n) is 11.2. The molecule has 1 aliphatic rings. The van der Waals surface area contributed by atoms with Crippen LogP contribution >= 0.6 is 0 Å². The van der Waals surface area contributed by atoms with Crippen LogP contribution in [0.15, 0.2) is 30.3 Å². The zero-order valence-corrected chi connectivity index (χ0v) is 20.2. The molecule has 2 aromatic carbocycles. The van der Waals surface area contributed by atoms with Crippen LogP contribution in [0.4, 0.5) is 11.8 Å². The number of nitrogens with zero attached hydrogens (tertiary/aromatic N) is 3. The zero-order valence-electron chi connectivity index (χ0n) is 20.2. The molecule has 2 N–H and O–H groups in total.